The molecule has 2 heterocycles. The van der Waals surface area contributed by atoms with Crippen LogP contribution < -0.4 is 0 Å². The normalized spacial score (nSPS) is 9.56. The smallest absolute Gasteiger partial charge is 0.0453 e. The van der Waals surface area contributed by atoms with E-state index in [1.165, 1.54) is 10.9 Å². The molecule has 0 bridgehead atoms. The molecule has 80 valence electrons. The van der Waals surface area contributed by atoms with E-state index in [0.717, 1.165) is 4.47 Å². The molecule has 0 fully saturated rings. The van der Waals surface area contributed by atoms with E-state index in [-0.39, 0.29) is 0 Å². The van der Waals surface area contributed by atoms with Gasteiger partial charge in [0.15, 0.2) is 0 Å². The molecule has 0 saturated carbocycles. The number of nitrogens with one attached hydrogen (secondary N) is 1. The largest absolute Gasteiger partial charge is 0.361 e. The summed E-state index contributed by atoms with van der Waals surface area (Å²) in [6.07, 6.45) is 5.44. The summed E-state index contributed by atoms with van der Waals surface area (Å²) in [6, 6.07) is 14.1. The summed E-state index contributed by atoms with van der Waals surface area (Å²) in [6.45, 7) is 0. The molecule has 0 radical (unpaired) electrons. The number of rotatable bonds is 0. The summed E-state index contributed by atoms with van der Waals surface area (Å²) in [5, 5.41) is 1.28. The van der Waals surface area contributed by atoms with Gasteiger partial charge in [-0.1, -0.05) is 18.2 Å². The average Bonchev–Trinajstić information content (AvgIpc) is 2.79. The molecule has 0 aliphatic heterocycles. The number of aromatic nitrogens is 2. The number of halogens is 1. The van der Waals surface area contributed by atoms with Crippen molar-refractivity contribution in [2.24, 2.45) is 0 Å². The van der Waals surface area contributed by atoms with Crippen molar-refractivity contribution >= 4 is 26.8 Å². The van der Waals surface area contributed by atoms with Crippen LogP contribution in [0.5, 0.6) is 0 Å². The number of H-pyrrole nitrogens is 1. The number of hydrogen-bond acceptors (Lipinski definition) is 1. The lowest BCUT2D eigenvalue weighted by molar-refractivity contribution is 1.31. The molecule has 0 aliphatic carbocycles. The topological polar surface area (TPSA) is 28.7 Å². The fourth-order valence-electron chi connectivity index (χ4n) is 1.34. The summed E-state index contributed by atoms with van der Waals surface area (Å²) in [7, 11) is 0. The van der Waals surface area contributed by atoms with Gasteiger partial charge in [-0.25, -0.2) is 0 Å². The Kier molecular flexibility index (Phi) is 3.72. The first-order chi connectivity index (χ1) is 7.86. The van der Waals surface area contributed by atoms with Gasteiger partial charge in [0.25, 0.3) is 0 Å². The number of para-hydroxylation sites is 1. The van der Waals surface area contributed by atoms with Crippen LogP contribution in [0.25, 0.3) is 10.9 Å². The second kappa shape index (κ2) is 5.47. The van der Waals surface area contributed by atoms with Gasteiger partial charge in [-0.15, -0.1) is 0 Å². The molecule has 0 unspecified atom stereocenters. The third-order valence-electron chi connectivity index (χ3n) is 2.09. The lowest BCUT2D eigenvalue weighted by Gasteiger charge is -1.83. The van der Waals surface area contributed by atoms with Crippen molar-refractivity contribution in [1.82, 2.24) is 9.97 Å². The van der Waals surface area contributed by atoms with Crippen LogP contribution >= 0.6 is 15.9 Å². The van der Waals surface area contributed by atoms with E-state index in [4.69, 9.17) is 0 Å². The van der Waals surface area contributed by atoms with Crippen molar-refractivity contribution in [1.29, 1.82) is 0 Å². The van der Waals surface area contributed by atoms with Gasteiger partial charge in [0.1, 0.15) is 0 Å². The first-order valence-corrected chi connectivity index (χ1v) is 5.73. The number of aromatic amines is 1. The Bertz CT molecular complexity index is 516. The molecule has 3 aromatic rings. The molecule has 1 N–H and O–H groups in total. The molecule has 0 aliphatic rings. The molecule has 2 aromatic heterocycles. The monoisotopic (exact) mass is 274 g/mol. The fraction of sp³-hybridized carbons (Fsp3) is 0. The van der Waals surface area contributed by atoms with Crippen molar-refractivity contribution in [3.05, 3.63) is 65.5 Å². The highest BCUT2D eigenvalue weighted by Crippen LogP contribution is 2.09. The SMILES string of the molecule is Brc1cccnc1.c1ccc2[nH]ccc2c1. The average molecular weight is 275 g/mol. The lowest BCUT2D eigenvalue weighted by atomic mass is 10.3. The summed E-state index contributed by atoms with van der Waals surface area (Å²) in [5.41, 5.74) is 1.21. The van der Waals surface area contributed by atoms with Crippen LogP contribution in [0.2, 0.25) is 0 Å². The molecule has 2 nitrogen and oxygen atoms in total. The Morgan fingerprint density at radius 1 is 1.00 bits per heavy atom. The first kappa shape index (κ1) is 10.9. The maximum absolute atomic E-state index is 3.84. The van der Waals surface area contributed by atoms with Crippen LogP contribution in [0, 0.1) is 0 Å². The zero-order valence-corrected chi connectivity index (χ0v) is 10.2. The number of pyridine rings is 1. The Morgan fingerprint density at radius 3 is 2.50 bits per heavy atom. The van der Waals surface area contributed by atoms with E-state index in [1.54, 1.807) is 12.4 Å². The van der Waals surface area contributed by atoms with Crippen LogP contribution in [-0.4, -0.2) is 9.97 Å². The Labute approximate surface area is 102 Å². The highest BCUT2D eigenvalue weighted by Gasteiger charge is 1.86. The molecule has 1 aromatic carbocycles. The predicted molar refractivity (Wildman–Crippen MR) is 70.2 cm³/mol. The first-order valence-electron chi connectivity index (χ1n) is 4.94. The minimum Gasteiger partial charge on any atom is -0.361 e. The molecular formula is C13H11BrN2. The Morgan fingerprint density at radius 2 is 1.88 bits per heavy atom. The number of hydrogen-bond donors (Lipinski definition) is 1. The van der Waals surface area contributed by atoms with Gasteiger partial charge in [-0.05, 0) is 45.6 Å². The van der Waals surface area contributed by atoms with Crippen LogP contribution in [0.3, 0.4) is 0 Å². The van der Waals surface area contributed by atoms with Gasteiger partial charge in [-0.2, -0.15) is 0 Å². The summed E-state index contributed by atoms with van der Waals surface area (Å²) in [5.74, 6) is 0. The van der Waals surface area contributed by atoms with Crippen LogP contribution in [-0.2, 0) is 0 Å². The van der Waals surface area contributed by atoms with E-state index in [9.17, 15) is 0 Å². The van der Waals surface area contributed by atoms with Gasteiger partial charge >= 0.3 is 0 Å². The zero-order valence-electron chi connectivity index (χ0n) is 8.60. The van der Waals surface area contributed by atoms with Gasteiger partial charge < -0.3 is 4.98 Å². The molecule has 0 amide bonds. The second-order valence-electron chi connectivity index (χ2n) is 3.24. The number of fused-ring (bicyclic) bond motifs is 1. The van der Waals surface area contributed by atoms with Crippen molar-refractivity contribution in [2.45, 2.75) is 0 Å². The van der Waals surface area contributed by atoms with Gasteiger partial charge in [-0.3, -0.25) is 4.98 Å². The summed E-state index contributed by atoms with van der Waals surface area (Å²) < 4.78 is 1.02. The molecule has 0 atom stereocenters. The lowest BCUT2D eigenvalue weighted by Crippen LogP contribution is -1.64. The van der Waals surface area contributed by atoms with Crippen molar-refractivity contribution < 1.29 is 0 Å². The van der Waals surface area contributed by atoms with Crippen LogP contribution in [0.4, 0.5) is 0 Å². The second-order valence-corrected chi connectivity index (χ2v) is 4.15. The van der Waals surface area contributed by atoms with Gasteiger partial charge in [0.05, 0.1) is 0 Å². The Hall–Kier alpha value is -1.61. The number of nitrogens with zero attached hydrogens (tertiary/aromatic N) is 1. The van der Waals surface area contributed by atoms with Crippen LogP contribution in [0.1, 0.15) is 0 Å². The highest BCUT2D eigenvalue weighted by molar-refractivity contribution is 9.10. The predicted octanol–water partition coefficient (Wildman–Crippen LogP) is 4.01. The molecule has 16 heavy (non-hydrogen) atoms. The fourth-order valence-corrected chi connectivity index (χ4v) is 1.61. The number of benzene rings is 1. The van der Waals surface area contributed by atoms with Gasteiger partial charge in [0.2, 0.25) is 0 Å². The van der Waals surface area contributed by atoms with E-state index in [2.05, 4.69) is 44.1 Å². The maximum atomic E-state index is 3.84. The van der Waals surface area contributed by atoms with E-state index < -0.39 is 0 Å². The van der Waals surface area contributed by atoms with Gasteiger partial charge in [0, 0.05) is 28.6 Å². The van der Waals surface area contributed by atoms with Crippen molar-refractivity contribution in [2.75, 3.05) is 0 Å². The molecule has 3 heteroatoms. The third-order valence-corrected chi connectivity index (χ3v) is 2.56. The van der Waals surface area contributed by atoms with Crippen LogP contribution in [0.15, 0.2) is 65.5 Å². The standard InChI is InChI=1S/C8H7N.C5H4BrN/c1-2-4-8-7(3-1)5-6-9-8;6-5-2-1-3-7-4-5/h1-6,9H;1-4H. The maximum Gasteiger partial charge on any atom is 0.0453 e. The third kappa shape index (κ3) is 2.94. The molecule has 0 saturated heterocycles. The molecular weight excluding hydrogens is 264 g/mol. The highest BCUT2D eigenvalue weighted by atomic mass is 79.9. The quantitative estimate of drug-likeness (QED) is 0.659. The molecule has 3 rings (SSSR count). The van der Waals surface area contributed by atoms with E-state index >= 15 is 0 Å². The summed E-state index contributed by atoms with van der Waals surface area (Å²) in [4.78, 5) is 6.96. The zero-order chi connectivity index (χ0) is 11.2. The minimum absolute atomic E-state index is 1.02. The van der Waals surface area contributed by atoms with Crippen molar-refractivity contribution in [3.8, 4) is 0 Å². The van der Waals surface area contributed by atoms with E-state index in [1.807, 2.05) is 30.5 Å². The van der Waals surface area contributed by atoms with E-state index in [0.29, 0.717) is 0 Å². The summed E-state index contributed by atoms with van der Waals surface area (Å²) >= 11 is 3.25. The Balaban J connectivity index is 0.000000125. The minimum atomic E-state index is 1.02. The molecule has 0 spiro atoms. The van der Waals surface area contributed by atoms with Crippen molar-refractivity contribution in [3.63, 3.8) is 0 Å².